The van der Waals surface area contributed by atoms with Crippen LogP contribution in [0.4, 0.5) is 13.2 Å². The lowest BCUT2D eigenvalue weighted by atomic mass is 10.0. The Morgan fingerprint density at radius 3 is 2.00 bits per heavy atom. The molecule has 0 aliphatic heterocycles. The summed E-state index contributed by atoms with van der Waals surface area (Å²) < 4.78 is 40.2. The fourth-order valence-electron chi connectivity index (χ4n) is 1.57. The van der Waals surface area contributed by atoms with Gasteiger partial charge in [-0.2, -0.15) is 0 Å². The highest BCUT2D eigenvalue weighted by atomic mass is 19.2. The summed E-state index contributed by atoms with van der Waals surface area (Å²) in [6.07, 6.45) is 0. The summed E-state index contributed by atoms with van der Waals surface area (Å²) in [6.45, 7) is 1.58. The molecule has 0 saturated heterocycles. The number of aryl methyl sites for hydroxylation is 1. The minimum absolute atomic E-state index is 0.0544. The monoisotopic (exact) mass is 222 g/mol. The van der Waals surface area contributed by atoms with Gasteiger partial charge in [-0.1, -0.05) is 30.3 Å². The normalized spacial score (nSPS) is 10.5. The van der Waals surface area contributed by atoms with E-state index < -0.39 is 17.5 Å². The molecule has 16 heavy (non-hydrogen) atoms. The maximum Gasteiger partial charge on any atom is 0.166 e. The molecule has 0 aromatic heterocycles. The Hall–Kier alpha value is -1.77. The molecule has 0 saturated carbocycles. The van der Waals surface area contributed by atoms with Gasteiger partial charge in [0.2, 0.25) is 0 Å². The number of benzene rings is 2. The van der Waals surface area contributed by atoms with E-state index in [1.807, 2.05) is 0 Å². The second kappa shape index (κ2) is 4.00. The highest BCUT2D eigenvalue weighted by molar-refractivity contribution is 5.65. The lowest BCUT2D eigenvalue weighted by molar-refractivity contribution is 0.510. The van der Waals surface area contributed by atoms with Crippen molar-refractivity contribution in [2.75, 3.05) is 0 Å². The lowest BCUT2D eigenvalue weighted by Gasteiger charge is -2.07. The fraction of sp³-hybridized carbons (Fsp3) is 0.0769. The van der Waals surface area contributed by atoms with Gasteiger partial charge < -0.3 is 0 Å². The molecule has 0 amide bonds. The Morgan fingerprint density at radius 1 is 0.750 bits per heavy atom. The largest absolute Gasteiger partial charge is 0.206 e. The Kier molecular flexibility index (Phi) is 2.69. The lowest BCUT2D eigenvalue weighted by Crippen LogP contribution is -1.93. The third-order valence-electron chi connectivity index (χ3n) is 2.43. The van der Waals surface area contributed by atoms with E-state index in [0.717, 1.165) is 6.07 Å². The van der Waals surface area contributed by atoms with Crippen molar-refractivity contribution in [3.8, 4) is 11.1 Å². The standard InChI is InChI=1S/C13H9F3/c1-8-4-2-5-9(12(8)15)10-6-3-7-11(14)13(10)16/h2-7H,1H3. The minimum atomic E-state index is -1.02. The van der Waals surface area contributed by atoms with Crippen molar-refractivity contribution >= 4 is 0 Å². The third-order valence-corrected chi connectivity index (χ3v) is 2.43. The van der Waals surface area contributed by atoms with Crippen LogP contribution in [0.25, 0.3) is 11.1 Å². The number of rotatable bonds is 1. The fourth-order valence-corrected chi connectivity index (χ4v) is 1.57. The van der Waals surface area contributed by atoms with Crippen molar-refractivity contribution in [3.63, 3.8) is 0 Å². The Labute approximate surface area is 91.4 Å². The van der Waals surface area contributed by atoms with Crippen molar-refractivity contribution in [1.82, 2.24) is 0 Å². The summed E-state index contributed by atoms with van der Waals surface area (Å²) >= 11 is 0. The molecule has 0 N–H and O–H groups in total. The van der Waals surface area contributed by atoms with Gasteiger partial charge >= 0.3 is 0 Å². The molecule has 82 valence electrons. The van der Waals surface area contributed by atoms with Gasteiger partial charge in [-0.25, -0.2) is 13.2 Å². The molecule has 0 heterocycles. The molecule has 0 fully saturated rings. The predicted molar refractivity (Wildman–Crippen MR) is 56.5 cm³/mol. The SMILES string of the molecule is Cc1cccc(-c2cccc(F)c2F)c1F. The van der Waals surface area contributed by atoms with Crippen molar-refractivity contribution in [2.24, 2.45) is 0 Å². The van der Waals surface area contributed by atoms with Crippen LogP contribution in [0.15, 0.2) is 36.4 Å². The maximum absolute atomic E-state index is 13.7. The smallest absolute Gasteiger partial charge is 0.166 e. The van der Waals surface area contributed by atoms with E-state index in [-0.39, 0.29) is 11.1 Å². The number of halogens is 3. The van der Waals surface area contributed by atoms with Gasteiger partial charge in [-0.15, -0.1) is 0 Å². The van der Waals surface area contributed by atoms with Crippen molar-refractivity contribution in [3.05, 3.63) is 59.4 Å². The van der Waals surface area contributed by atoms with E-state index in [9.17, 15) is 13.2 Å². The Bertz CT molecular complexity index is 483. The van der Waals surface area contributed by atoms with Crippen LogP contribution >= 0.6 is 0 Å². The molecule has 0 aliphatic rings. The summed E-state index contributed by atoms with van der Waals surface area (Å²) in [6, 6.07) is 8.34. The maximum atomic E-state index is 13.7. The third kappa shape index (κ3) is 1.69. The van der Waals surface area contributed by atoms with E-state index in [2.05, 4.69) is 0 Å². The molecule has 0 aliphatic carbocycles. The van der Waals surface area contributed by atoms with Crippen LogP contribution in [0.1, 0.15) is 5.56 Å². The number of hydrogen-bond donors (Lipinski definition) is 0. The van der Waals surface area contributed by atoms with E-state index in [1.54, 1.807) is 19.1 Å². The molecular formula is C13H9F3. The van der Waals surface area contributed by atoms with Gasteiger partial charge in [-0.3, -0.25) is 0 Å². The van der Waals surface area contributed by atoms with E-state index in [4.69, 9.17) is 0 Å². The molecule has 0 atom stereocenters. The second-order valence-electron chi connectivity index (χ2n) is 3.54. The van der Waals surface area contributed by atoms with Crippen LogP contribution < -0.4 is 0 Å². The minimum Gasteiger partial charge on any atom is -0.206 e. The van der Waals surface area contributed by atoms with Crippen LogP contribution in [-0.4, -0.2) is 0 Å². The molecule has 0 bridgehead atoms. The number of hydrogen-bond acceptors (Lipinski definition) is 0. The topological polar surface area (TPSA) is 0 Å². The van der Waals surface area contributed by atoms with E-state index in [0.29, 0.717) is 5.56 Å². The zero-order chi connectivity index (χ0) is 11.7. The zero-order valence-corrected chi connectivity index (χ0v) is 8.60. The Morgan fingerprint density at radius 2 is 1.31 bits per heavy atom. The molecule has 0 unspecified atom stereocenters. The molecule has 2 rings (SSSR count). The molecule has 2 aromatic rings. The first-order valence-corrected chi connectivity index (χ1v) is 4.80. The Balaban J connectivity index is 2.68. The van der Waals surface area contributed by atoms with Gasteiger partial charge in [0.15, 0.2) is 11.6 Å². The highest BCUT2D eigenvalue weighted by Gasteiger charge is 2.13. The zero-order valence-electron chi connectivity index (χ0n) is 8.60. The molecule has 0 spiro atoms. The van der Waals surface area contributed by atoms with Crippen LogP contribution in [0.5, 0.6) is 0 Å². The first-order chi connectivity index (χ1) is 7.61. The average molecular weight is 222 g/mol. The van der Waals surface area contributed by atoms with Crippen LogP contribution in [-0.2, 0) is 0 Å². The van der Waals surface area contributed by atoms with Gasteiger partial charge in [0.25, 0.3) is 0 Å². The van der Waals surface area contributed by atoms with Crippen LogP contribution in [0.3, 0.4) is 0 Å². The molecule has 0 nitrogen and oxygen atoms in total. The van der Waals surface area contributed by atoms with E-state index >= 15 is 0 Å². The van der Waals surface area contributed by atoms with Crippen molar-refractivity contribution in [1.29, 1.82) is 0 Å². The molecular weight excluding hydrogens is 213 g/mol. The van der Waals surface area contributed by atoms with Crippen molar-refractivity contribution in [2.45, 2.75) is 6.92 Å². The summed E-state index contributed by atoms with van der Waals surface area (Å²) in [5.41, 5.74) is 0.430. The van der Waals surface area contributed by atoms with Gasteiger partial charge in [0.05, 0.1) is 0 Å². The van der Waals surface area contributed by atoms with Gasteiger partial charge in [-0.05, 0) is 18.6 Å². The molecule has 0 radical (unpaired) electrons. The van der Waals surface area contributed by atoms with Gasteiger partial charge in [0, 0.05) is 11.1 Å². The summed E-state index contributed by atoms with van der Waals surface area (Å²) in [4.78, 5) is 0. The van der Waals surface area contributed by atoms with Crippen LogP contribution in [0, 0.1) is 24.4 Å². The summed E-state index contributed by atoms with van der Waals surface area (Å²) in [5.74, 6) is -2.52. The predicted octanol–water partition coefficient (Wildman–Crippen LogP) is 4.08. The average Bonchev–Trinajstić information content (AvgIpc) is 2.27. The molecule has 2 aromatic carbocycles. The molecule has 3 heteroatoms. The summed E-state index contributed by atoms with van der Waals surface area (Å²) in [5, 5.41) is 0. The van der Waals surface area contributed by atoms with E-state index in [1.165, 1.54) is 18.2 Å². The first-order valence-electron chi connectivity index (χ1n) is 4.80. The van der Waals surface area contributed by atoms with Crippen molar-refractivity contribution < 1.29 is 13.2 Å². The second-order valence-corrected chi connectivity index (χ2v) is 3.54. The highest BCUT2D eigenvalue weighted by Crippen LogP contribution is 2.28. The van der Waals surface area contributed by atoms with Crippen LogP contribution in [0.2, 0.25) is 0 Å². The first kappa shape index (κ1) is 10.7. The van der Waals surface area contributed by atoms with Gasteiger partial charge in [0.1, 0.15) is 5.82 Å². The quantitative estimate of drug-likeness (QED) is 0.682. The summed E-state index contributed by atoms with van der Waals surface area (Å²) in [7, 11) is 0.